The van der Waals surface area contributed by atoms with Crippen molar-refractivity contribution in [3.63, 3.8) is 0 Å². The molecular weight excluding hydrogens is 380 g/mol. The average Bonchev–Trinajstić information content (AvgIpc) is 2.73. The molecule has 0 spiro atoms. The monoisotopic (exact) mass is 396 g/mol. The largest absolute Gasteiger partial charge is 0.495 e. The molecule has 0 aliphatic heterocycles. The van der Waals surface area contributed by atoms with Gasteiger partial charge in [-0.1, -0.05) is 23.9 Å². The summed E-state index contributed by atoms with van der Waals surface area (Å²) in [4.78, 5) is 22.4. The number of aromatic nitrogens is 2. The highest BCUT2D eigenvalue weighted by Gasteiger charge is 2.10. The van der Waals surface area contributed by atoms with Gasteiger partial charge in [0.1, 0.15) is 10.8 Å². The van der Waals surface area contributed by atoms with Crippen LogP contribution in [0, 0.1) is 10.1 Å². The topological polar surface area (TPSA) is 107 Å². The van der Waals surface area contributed by atoms with Crippen molar-refractivity contribution in [2.45, 2.75) is 5.03 Å². The highest BCUT2D eigenvalue weighted by atomic mass is 32.2. The molecule has 1 heterocycles. The Morgan fingerprint density at radius 3 is 2.50 bits per heavy atom. The Morgan fingerprint density at radius 1 is 1.11 bits per heavy atom. The average molecular weight is 396 g/mol. The number of nitro groups is 1. The zero-order valence-corrected chi connectivity index (χ0v) is 15.7. The normalized spacial score (nSPS) is 10.3. The predicted octanol–water partition coefficient (Wildman–Crippen LogP) is 3.79. The van der Waals surface area contributed by atoms with E-state index >= 15 is 0 Å². The molecule has 1 amide bonds. The van der Waals surface area contributed by atoms with Gasteiger partial charge in [0, 0.05) is 17.7 Å². The SMILES string of the molecule is COc1ccccc1NC(=O)CSc1ccc(-c2ccc([N+](=O)[O-])cc2)nn1. The first kappa shape index (κ1) is 19.3. The maximum atomic E-state index is 12.1. The van der Waals surface area contributed by atoms with Crippen LogP contribution in [0.2, 0.25) is 0 Å². The predicted molar refractivity (Wildman–Crippen MR) is 106 cm³/mol. The maximum absolute atomic E-state index is 12.1. The molecule has 2 aromatic carbocycles. The number of methoxy groups -OCH3 is 1. The minimum atomic E-state index is -0.453. The van der Waals surface area contributed by atoms with Gasteiger partial charge in [-0.15, -0.1) is 10.2 Å². The minimum Gasteiger partial charge on any atom is -0.495 e. The van der Waals surface area contributed by atoms with Gasteiger partial charge in [0.15, 0.2) is 0 Å². The lowest BCUT2D eigenvalue weighted by Gasteiger charge is -2.09. The minimum absolute atomic E-state index is 0.0185. The Hall–Kier alpha value is -3.46. The number of carbonyl (C=O) groups is 1. The van der Waals surface area contributed by atoms with E-state index in [0.717, 1.165) is 5.56 Å². The quantitative estimate of drug-likeness (QED) is 0.368. The van der Waals surface area contributed by atoms with Gasteiger partial charge >= 0.3 is 0 Å². The van der Waals surface area contributed by atoms with E-state index in [1.54, 1.807) is 43.5 Å². The second kappa shape index (κ2) is 8.96. The summed E-state index contributed by atoms with van der Waals surface area (Å²) in [6.45, 7) is 0. The fourth-order valence-corrected chi connectivity index (χ4v) is 2.99. The second-order valence-corrected chi connectivity index (χ2v) is 6.59. The van der Waals surface area contributed by atoms with Gasteiger partial charge in [-0.3, -0.25) is 14.9 Å². The van der Waals surface area contributed by atoms with E-state index < -0.39 is 4.92 Å². The molecule has 28 heavy (non-hydrogen) atoms. The number of nitrogens with zero attached hydrogens (tertiary/aromatic N) is 3. The standard InChI is InChI=1S/C19H16N4O4S/c1-27-17-5-3-2-4-16(17)20-18(24)12-28-19-11-10-15(21-22-19)13-6-8-14(9-7-13)23(25)26/h2-11H,12H2,1H3,(H,20,24). The Morgan fingerprint density at radius 2 is 1.86 bits per heavy atom. The van der Waals surface area contributed by atoms with Gasteiger partial charge in [0.25, 0.3) is 5.69 Å². The van der Waals surface area contributed by atoms with Crippen LogP contribution in [0.15, 0.2) is 65.7 Å². The highest BCUT2D eigenvalue weighted by molar-refractivity contribution is 7.99. The molecule has 142 valence electrons. The van der Waals surface area contributed by atoms with E-state index in [1.165, 1.54) is 23.9 Å². The molecule has 0 saturated heterocycles. The third-order valence-corrected chi connectivity index (χ3v) is 4.67. The number of rotatable bonds is 7. The molecule has 8 nitrogen and oxygen atoms in total. The van der Waals surface area contributed by atoms with E-state index in [1.807, 2.05) is 12.1 Å². The van der Waals surface area contributed by atoms with Crippen LogP contribution in [0.25, 0.3) is 11.3 Å². The first-order valence-electron chi connectivity index (χ1n) is 8.21. The van der Waals surface area contributed by atoms with Crippen LogP contribution in [-0.4, -0.2) is 33.9 Å². The number of anilines is 1. The Labute approximate surface area is 165 Å². The van der Waals surface area contributed by atoms with E-state index in [9.17, 15) is 14.9 Å². The van der Waals surface area contributed by atoms with Gasteiger partial charge in [0.2, 0.25) is 5.91 Å². The number of ether oxygens (including phenoxy) is 1. The fourth-order valence-electron chi connectivity index (χ4n) is 2.38. The van der Waals surface area contributed by atoms with Crippen LogP contribution in [0.4, 0.5) is 11.4 Å². The van der Waals surface area contributed by atoms with Crippen molar-refractivity contribution in [3.05, 3.63) is 70.8 Å². The number of non-ortho nitro benzene ring substituents is 1. The lowest BCUT2D eigenvalue weighted by molar-refractivity contribution is -0.384. The summed E-state index contributed by atoms with van der Waals surface area (Å²) < 4.78 is 5.20. The molecule has 1 aromatic heterocycles. The van der Waals surface area contributed by atoms with Crippen LogP contribution < -0.4 is 10.1 Å². The number of carbonyl (C=O) groups excluding carboxylic acids is 1. The summed E-state index contributed by atoms with van der Waals surface area (Å²) in [6, 6.07) is 16.8. The van der Waals surface area contributed by atoms with Crippen LogP contribution in [-0.2, 0) is 4.79 Å². The lowest BCUT2D eigenvalue weighted by Crippen LogP contribution is -2.14. The first-order chi connectivity index (χ1) is 13.6. The number of hydrogen-bond acceptors (Lipinski definition) is 7. The highest BCUT2D eigenvalue weighted by Crippen LogP contribution is 2.25. The van der Waals surface area contributed by atoms with Gasteiger partial charge in [-0.2, -0.15) is 0 Å². The summed E-state index contributed by atoms with van der Waals surface area (Å²) in [5.41, 5.74) is 1.95. The van der Waals surface area contributed by atoms with Gasteiger partial charge < -0.3 is 10.1 Å². The molecule has 0 unspecified atom stereocenters. The summed E-state index contributed by atoms with van der Waals surface area (Å²) in [7, 11) is 1.54. The van der Waals surface area contributed by atoms with E-state index in [-0.39, 0.29) is 17.3 Å². The molecule has 3 aromatic rings. The zero-order valence-electron chi connectivity index (χ0n) is 14.9. The summed E-state index contributed by atoms with van der Waals surface area (Å²) in [6.07, 6.45) is 0. The van der Waals surface area contributed by atoms with Crippen LogP contribution in [0.5, 0.6) is 5.75 Å². The molecule has 9 heteroatoms. The molecule has 3 rings (SSSR count). The van der Waals surface area contributed by atoms with Gasteiger partial charge in [-0.25, -0.2) is 0 Å². The number of para-hydroxylation sites is 2. The Bertz CT molecular complexity index is 978. The number of hydrogen-bond donors (Lipinski definition) is 1. The zero-order chi connectivity index (χ0) is 19.9. The number of nitrogens with one attached hydrogen (secondary N) is 1. The van der Waals surface area contributed by atoms with Gasteiger partial charge in [-0.05, 0) is 36.4 Å². The number of thioether (sulfide) groups is 1. The van der Waals surface area contributed by atoms with Crippen molar-refractivity contribution in [2.24, 2.45) is 0 Å². The van der Waals surface area contributed by atoms with Crippen molar-refractivity contribution < 1.29 is 14.5 Å². The van der Waals surface area contributed by atoms with Gasteiger partial charge in [0.05, 0.1) is 29.2 Å². The fraction of sp³-hybridized carbons (Fsp3) is 0.105. The van der Waals surface area contributed by atoms with Crippen LogP contribution in [0.1, 0.15) is 0 Å². The van der Waals surface area contributed by atoms with E-state index in [0.29, 0.717) is 22.2 Å². The third-order valence-electron chi connectivity index (χ3n) is 3.75. The number of benzene rings is 2. The van der Waals surface area contributed by atoms with Crippen molar-refractivity contribution in [3.8, 4) is 17.0 Å². The van der Waals surface area contributed by atoms with Crippen molar-refractivity contribution in [1.82, 2.24) is 10.2 Å². The van der Waals surface area contributed by atoms with Crippen molar-refractivity contribution in [2.75, 3.05) is 18.2 Å². The smallest absolute Gasteiger partial charge is 0.269 e. The molecule has 0 radical (unpaired) electrons. The van der Waals surface area contributed by atoms with E-state index in [4.69, 9.17) is 4.74 Å². The molecule has 0 fully saturated rings. The van der Waals surface area contributed by atoms with E-state index in [2.05, 4.69) is 15.5 Å². The third kappa shape index (κ3) is 4.83. The Kier molecular flexibility index (Phi) is 6.18. The molecule has 0 aliphatic rings. The molecule has 0 atom stereocenters. The molecule has 0 saturated carbocycles. The molecule has 1 N–H and O–H groups in total. The van der Waals surface area contributed by atoms with Crippen LogP contribution in [0.3, 0.4) is 0 Å². The number of amides is 1. The summed E-state index contributed by atoms with van der Waals surface area (Å²) in [5, 5.41) is 22.3. The number of nitro benzene ring substituents is 1. The molecule has 0 aliphatic carbocycles. The molecule has 0 bridgehead atoms. The lowest BCUT2D eigenvalue weighted by atomic mass is 10.1. The Balaban J connectivity index is 1.58. The summed E-state index contributed by atoms with van der Waals surface area (Å²) >= 11 is 1.26. The maximum Gasteiger partial charge on any atom is 0.269 e. The first-order valence-corrected chi connectivity index (χ1v) is 9.19. The van der Waals surface area contributed by atoms with Crippen LogP contribution >= 0.6 is 11.8 Å². The molecular formula is C19H16N4O4S. The summed E-state index contributed by atoms with van der Waals surface area (Å²) in [5.74, 6) is 0.577. The van der Waals surface area contributed by atoms with Crippen molar-refractivity contribution in [1.29, 1.82) is 0 Å². The second-order valence-electron chi connectivity index (χ2n) is 5.60. The van der Waals surface area contributed by atoms with Crippen molar-refractivity contribution >= 4 is 29.0 Å².